The van der Waals surface area contributed by atoms with Gasteiger partial charge in [0, 0.05) is 13.1 Å². The van der Waals surface area contributed by atoms with Crippen molar-refractivity contribution in [1.29, 1.82) is 0 Å². The number of carbonyl (C=O) groups excluding carboxylic acids is 1. The van der Waals surface area contributed by atoms with Gasteiger partial charge in [0.15, 0.2) is 0 Å². The summed E-state index contributed by atoms with van der Waals surface area (Å²) in [5.74, 6) is -1.45. The number of aliphatic hydroxyl groups excluding tert-OH is 1. The Balaban J connectivity index is 0. The molecule has 90 valence electrons. The molecule has 0 aliphatic rings. The maximum Gasteiger partial charge on any atom is 1.00 e. The zero-order chi connectivity index (χ0) is 11.7. The van der Waals surface area contributed by atoms with Crippen LogP contribution in [0.3, 0.4) is 0 Å². The Bertz CT molecular complexity index is 174. The van der Waals surface area contributed by atoms with Gasteiger partial charge in [-0.25, -0.2) is 9.78 Å². The van der Waals surface area contributed by atoms with Crippen molar-refractivity contribution in [3.05, 3.63) is 0 Å². The van der Waals surface area contributed by atoms with E-state index in [9.17, 15) is 9.90 Å². The first kappa shape index (κ1) is 18.6. The van der Waals surface area contributed by atoms with E-state index >= 15 is 0 Å². The second kappa shape index (κ2) is 11.7. The minimum Gasteiger partial charge on any atom is -0.548 e. The zero-order valence-corrected chi connectivity index (χ0v) is 11.0. The van der Waals surface area contributed by atoms with Crippen molar-refractivity contribution >= 4 is 5.97 Å². The topological polar surface area (TPSA) is 123 Å². The Hall–Kier alpha value is 0.230. The predicted octanol–water partition coefficient (Wildman–Crippen LogP) is -5.62. The van der Waals surface area contributed by atoms with Crippen LogP contribution in [0.5, 0.6) is 0 Å². The van der Waals surface area contributed by atoms with Crippen molar-refractivity contribution < 1.29 is 64.9 Å². The van der Waals surface area contributed by atoms with Gasteiger partial charge in [0.1, 0.15) is 0 Å². The molecule has 0 fully saturated rings. The van der Waals surface area contributed by atoms with E-state index in [1.54, 1.807) is 0 Å². The van der Waals surface area contributed by atoms with Crippen LogP contribution in [0.1, 0.15) is 0 Å². The molecule has 1 unspecified atom stereocenters. The Morgan fingerprint density at radius 1 is 1.25 bits per heavy atom. The van der Waals surface area contributed by atoms with E-state index in [1.165, 1.54) is 4.90 Å². The van der Waals surface area contributed by atoms with Crippen LogP contribution in [0.4, 0.5) is 0 Å². The molecule has 0 aromatic heterocycles. The summed E-state index contributed by atoms with van der Waals surface area (Å²) in [5.41, 5.74) is 0. The summed E-state index contributed by atoms with van der Waals surface area (Å²) in [6, 6.07) is -1.23. The number of aliphatic hydroxyl groups is 1. The molecule has 8 nitrogen and oxygen atoms in total. The van der Waals surface area contributed by atoms with E-state index in [2.05, 4.69) is 9.78 Å². The van der Waals surface area contributed by atoms with Crippen LogP contribution < -0.4 is 34.7 Å². The van der Waals surface area contributed by atoms with Gasteiger partial charge in [-0.1, -0.05) is 0 Å². The van der Waals surface area contributed by atoms with Crippen molar-refractivity contribution in [3.63, 3.8) is 0 Å². The normalized spacial score (nSPS) is 12.2. The number of rotatable bonds is 9. The van der Waals surface area contributed by atoms with Crippen LogP contribution in [0.15, 0.2) is 0 Å². The van der Waals surface area contributed by atoms with Gasteiger partial charge in [0.25, 0.3) is 0 Å². The molecule has 0 saturated heterocycles. The number of carbonyl (C=O) groups is 1. The molecule has 0 spiro atoms. The molecule has 1 atom stereocenters. The average Bonchev–Trinajstić information content (AvgIpc) is 2.21. The van der Waals surface area contributed by atoms with Crippen molar-refractivity contribution in [3.8, 4) is 0 Å². The van der Waals surface area contributed by atoms with Gasteiger partial charge in [0.2, 0.25) is 0 Å². The fraction of sp³-hybridized carbons (Fsp3) is 0.857. The first-order valence-electron chi connectivity index (χ1n) is 4.25. The molecular weight excluding hydrogens is 233 g/mol. The smallest absolute Gasteiger partial charge is 0.548 e. The number of aliphatic carboxylic acids is 1. The fourth-order valence-corrected chi connectivity index (χ4v) is 1.08. The molecule has 0 aliphatic carbocycles. The number of hydrogen-bond acceptors (Lipinski definition) is 8. The third-order valence-corrected chi connectivity index (χ3v) is 1.83. The largest absolute Gasteiger partial charge is 1.00 e. The third kappa shape index (κ3) is 7.49. The van der Waals surface area contributed by atoms with Crippen molar-refractivity contribution in [2.24, 2.45) is 0 Å². The third-order valence-electron chi connectivity index (χ3n) is 1.83. The quantitative estimate of drug-likeness (QED) is 0.209. The summed E-state index contributed by atoms with van der Waals surface area (Å²) in [4.78, 5) is 19.4. The minimum absolute atomic E-state index is 0. The van der Waals surface area contributed by atoms with E-state index in [-0.39, 0.29) is 55.9 Å². The molecule has 0 aromatic carbocycles. The molecule has 0 saturated carbocycles. The van der Waals surface area contributed by atoms with Gasteiger partial charge in [-0.3, -0.25) is 15.4 Å². The second-order valence-electron chi connectivity index (χ2n) is 2.72. The Morgan fingerprint density at radius 2 is 1.69 bits per heavy atom. The summed E-state index contributed by atoms with van der Waals surface area (Å²) in [6.07, 6.45) is 0. The zero-order valence-electron chi connectivity index (χ0n) is 9.03. The van der Waals surface area contributed by atoms with Gasteiger partial charge in [-0.15, -0.1) is 0 Å². The van der Waals surface area contributed by atoms with Crippen LogP contribution in [0.2, 0.25) is 0 Å². The van der Waals surface area contributed by atoms with Crippen LogP contribution in [0, 0.1) is 0 Å². The van der Waals surface area contributed by atoms with Gasteiger partial charge in [-0.2, -0.15) is 0 Å². The molecule has 16 heavy (non-hydrogen) atoms. The van der Waals surface area contributed by atoms with Crippen LogP contribution in [-0.4, -0.2) is 65.4 Å². The van der Waals surface area contributed by atoms with E-state index in [0.717, 1.165) is 0 Å². The first-order chi connectivity index (χ1) is 7.17. The molecule has 0 bridgehead atoms. The Kier molecular flexibility index (Phi) is 13.6. The monoisotopic (exact) mass is 247 g/mol. The molecule has 0 heterocycles. The molecule has 3 N–H and O–H groups in total. The summed E-state index contributed by atoms with van der Waals surface area (Å²) >= 11 is 0. The number of hydrogen-bond donors (Lipinski definition) is 3. The minimum atomic E-state index is -1.45. The number of nitrogens with zero attached hydrogens (tertiary/aromatic N) is 1. The van der Waals surface area contributed by atoms with E-state index in [4.69, 9.17) is 15.6 Å². The van der Waals surface area contributed by atoms with Crippen LogP contribution >= 0.6 is 0 Å². The Labute approximate surface area is 115 Å². The number of carboxylic acid groups (broad SMARTS) is 1. The second-order valence-corrected chi connectivity index (χ2v) is 2.72. The first-order valence-corrected chi connectivity index (χ1v) is 4.25. The fourth-order valence-electron chi connectivity index (χ4n) is 1.08. The standard InChI is InChI=1S/C7H15NO7.Na/c9-5-6(7(10)11)8(1-3-14-12)2-4-15-13;/h6,9,12-13H,1-5H2,(H,10,11);/q;+1/p-1. The van der Waals surface area contributed by atoms with Crippen molar-refractivity contribution in [2.45, 2.75) is 6.04 Å². The molecule has 9 heteroatoms. The van der Waals surface area contributed by atoms with Crippen LogP contribution in [-0.2, 0) is 14.6 Å². The van der Waals surface area contributed by atoms with E-state index in [0.29, 0.717) is 0 Å². The molecule has 0 aliphatic heterocycles. The van der Waals surface area contributed by atoms with E-state index < -0.39 is 18.6 Å². The molecule has 0 amide bonds. The summed E-state index contributed by atoms with van der Waals surface area (Å²) < 4.78 is 0. The maximum absolute atomic E-state index is 10.6. The average molecular weight is 247 g/mol. The summed E-state index contributed by atoms with van der Waals surface area (Å²) in [6.45, 7) is -0.790. The predicted molar refractivity (Wildman–Crippen MR) is 44.6 cm³/mol. The molecular formula is C7H14NNaO7. The Morgan fingerprint density at radius 3 is 1.94 bits per heavy atom. The molecule has 0 aromatic rings. The number of carboxylic acids is 1. The molecule has 0 radical (unpaired) electrons. The van der Waals surface area contributed by atoms with Crippen molar-refractivity contribution in [2.75, 3.05) is 32.9 Å². The summed E-state index contributed by atoms with van der Waals surface area (Å²) in [7, 11) is 0. The van der Waals surface area contributed by atoms with Gasteiger partial charge >= 0.3 is 29.6 Å². The van der Waals surface area contributed by atoms with Gasteiger partial charge in [0.05, 0.1) is 31.8 Å². The van der Waals surface area contributed by atoms with E-state index in [1.807, 2.05) is 0 Å². The van der Waals surface area contributed by atoms with Crippen molar-refractivity contribution in [1.82, 2.24) is 4.90 Å². The van der Waals surface area contributed by atoms with Crippen LogP contribution in [0.25, 0.3) is 0 Å². The SMILES string of the molecule is O=C([O-])C(CO)N(CCOO)CCOO.[Na+]. The maximum atomic E-state index is 10.6. The van der Waals surface area contributed by atoms with Gasteiger partial charge < -0.3 is 15.0 Å². The van der Waals surface area contributed by atoms with Gasteiger partial charge in [-0.05, 0) is 0 Å². The molecule has 0 rings (SSSR count). The summed E-state index contributed by atoms with van der Waals surface area (Å²) in [5, 5.41) is 35.6.